The van der Waals surface area contributed by atoms with Crippen LogP contribution in [-0.4, -0.2) is 17.2 Å². The van der Waals surface area contributed by atoms with Crippen molar-refractivity contribution in [2.45, 2.75) is 0 Å². The molecule has 0 saturated heterocycles. The molecule has 5 aromatic rings. The van der Waals surface area contributed by atoms with Crippen LogP contribution >= 0.6 is 0 Å². The summed E-state index contributed by atoms with van der Waals surface area (Å²) >= 11 is 0. The third-order valence-electron chi connectivity index (χ3n) is 5.43. The van der Waals surface area contributed by atoms with Crippen molar-refractivity contribution in [3.05, 3.63) is 109 Å². The van der Waals surface area contributed by atoms with Crippen molar-refractivity contribution in [2.24, 2.45) is 0 Å². The van der Waals surface area contributed by atoms with Crippen molar-refractivity contribution in [3.63, 3.8) is 0 Å². The predicted octanol–water partition coefficient (Wildman–Crippen LogP) is 5.14. The molecule has 0 atom stereocenters. The highest BCUT2D eigenvalue weighted by molar-refractivity contribution is 6.58. The summed E-state index contributed by atoms with van der Waals surface area (Å²) in [6, 6.07) is 36.8. The number of fused-ring (bicyclic) bond motifs is 2. The first kappa shape index (κ1) is 18.4. The Balaban J connectivity index is 1.72. The minimum Gasteiger partial charge on any atom is -0.423 e. The number of benzene rings is 5. The summed E-state index contributed by atoms with van der Waals surface area (Å²) in [5, 5.41) is 23.3. The quantitative estimate of drug-likeness (QED) is 0.418. The molecule has 0 spiro atoms. The predicted molar refractivity (Wildman–Crippen MR) is 126 cm³/mol. The largest absolute Gasteiger partial charge is 0.488 e. The topological polar surface area (TPSA) is 43.7 Å². The highest BCUT2D eigenvalue weighted by atomic mass is 16.4. The van der Waals surface area contributed by atoms with Gasteiger partial charge in [-0.2, -0.15) is 0 Å². The molecule has 5 aromatic carbocycles. The second-order valence-electron chi connectivity index (χ2n) is 7.33. The summed E-state index contributed by atoms with van der Waals surface area (Å²) in [5.41, 5.74) is 3.73. The van der Waals surface area contributed by atoms with Crippen LogP contribution in [0.15, 0.2) is 109 Å². The first-order chi connectivity index (χ1) is 14.7. The molecule has 0 unspecified atom stereocenters. The molecule has 0 heterocycles. The molecule has 4 heteroatoms. The van der Waals surface area contributed by atoms with Crippen LogP contribution in [0.3, 0.4) is 0 Å². The molecule has 0 bridgehead atoms. The first-order valence-electron chi connectivity index (χ1n) is 9.93. The fraction of sp³-hybridized carbons (Fsp3) is 0. The lowest BCUT2D eigenvalue weighted by Gasteiger charge is -2.27. The van der Waals surface area contributed by atoms with Crippen molar-refractivity contribution in [1.82, 2.24) is 0 Å². The minimum absolute atomic E-state index is 0.490. The smallest absolute Gasteiger partial charge is 0.423 e. The van der Waals surface area contributed by atoms with Gasteiger partial charge in [0.1, 0.15) is 0 Å². The van der Waals surface area contributed by atoms with E-state index in [2.05, 4.69) is 71.6 Å². The average molecular weight is 389 g/mol. The van der Waals surface area contributed by atoms with E-state index in [1.807, 2.05) is 36.4 Å². The Labute approximate surface area is 175 Å². The van der Waals surface area contributed by atoms with Crippen LogP contribution in [0.5, 0.6) is 0 Å². The summed E-state index contributed by atoms with van der Waals surface area (Å²) in [4.78, 5) is 2.26. The zero-order chi connectivity index (χ0) is 20.5. The zero-order valence-corrected chi connectivity index (χ0v) is 16.3. The van der Waals surface area contributed by atoms with Crippen molar-refractivity contribution in [1.29, 1.82) is 0 Å². The SMILES string of the molecule is OB(O)c1ccc2cc(N(c3ccccc3)c3cccc4ccccc34)ccc2c1. The molecule has 0 radical (unpaired) electrons. The summed E-state index contributed by atoms with van der Waals surface area (Å²) in [7, 11) is -1.47. The van der Waals surface area contributed by atoms with Crippen LogP contribution < -0.4 is 10.4 Å². The number of hydrogen-bond donors (Lipinski definition) is 2. The Bertz CT molecular complexity index is 1330. The fourth-order valence-corrected chi connectivity index (χ4v) is 3.96. The molecule has 0 fully saturated rings. The lowest BCUT2D eigenvalue weighted by atomic mass is 9.79. The van der Waals surface area contributed by atoms with Crippen molar-refractivity contribution >= 4 is 51.2 Å². The number of rotatable bonds is 4. The molecule has 0 amide bonds. The molecule has 0 saturated carbocycles. The Morgan fingerprint density at radius 3 is 2.07 bits per heavy atom. The fourth-order valence-electron chi connectivity index (χ4n) is 3.96. The van der Waals surface area contributed by atoms with Gasteiger partial charge in [-0.05, 0) is 52.0 Å². The molecular weight excluding hydrogens is 369 g/mol. The van der Waals surface area contributed by atoms with E-state index in [1.165, 1.54) is 10.8 Å². The second kappa shape index (κ2) is 7.67. The Hall–Kier alpha value is -3.60. The van der Waals surface area contributed by atoms with Gasteiger partial charge < -0.3 is 14.9 Å². The lowest BCUT2D eigenvalue weighted by molar-refractivity contribution is 0.426. The average Bonchev–Trinajstić information content (AvgIpc) is 2.80. The maximum atomic E-state index is 9.47. The van der Waals surface area contributed by atoms with Crippen molar-refractivity contribution in [2.75, 3.05) is 4.90 Å². The molecule has 0 aliphatic rings. The van der Waals surface area contributed by atoms with Crippen molar-refractivity contribution in [3.8, 4) is 0 Å². The van der Waals surface area contributed by atoms with E-state index >= 15 is 0 Å². The Kier molecular flexibility index (Phi) is 4.72. The van der Waals surface area contributed by atoms with Gasteiger partial charge in [0, 0.05) is 16.8 Å². The van der Waals surface area contributed by atoms with E-state index in [1.54, 1.807) is 6.07 Å². The monoisotopic (exact) mass is 389 g/mol. The molecule has 2 N–H and O–H groups in total. The van der Waals surface area contributed by atoms with Gasteiger partial charge in [0.25, 0.3) is 0 Å². The van der Waals surface area contributed by atoms with Gasteiger partial charge in [-0.3, -0.25) is 0 Å². The van der Waals surface area contributed by atoms with Crippen LogP contribution in [0, 0.1) is 0 Å². The molecule has 144 valence electrons. The van der Waals surface area contributed by atoms with Crippen LogP contribution in [0.2, 0.25) is 0 Å². The van der Waals surface area contributed by atoms with E-state index in [-0.39, 0.29) is 0 Å². The minimum atomic E-state index is -1.47. The highest BCUT2D eigenvalue weighted by Gasteiger charge is 2.16. The number of nitrogens with zero attached hydrogens (tertiary/aromatic N) is 1. The molecule has 5 rings (SSSR count). The van der Waals surface area contributed by atoms with Gasteiger partial charge in [-0.25, -0.2) is 0 Å². The lowest BCUT2D eigenvalue weighted by Crippen LogP contribution is -2.29. The molecular formula is C26H20BNO2. The van der Waals surface area contributed by atoms with Crippen molar-refractivity contribution < 1.29 is 10.0 Å². The summed E-state index contributed by atoms with van der Waals surface area (Å²) < 4.78 is 0. The molecule has 0 aliphatic heterocycles. The molecule has 30 heavy (non-hydrogen) atoms. The van der Waals surface area contributed by atoms with E-state index in [0.717, 1.165) is 27.8 Å². The third-order valence-corrected chi connectivity index (χ3v) is 5.43. The third kappa shape index (κ3) is 3.33. The van der Waals surface area contributed by atoms with Gasteiger partial charge in [-0.1, -0.05) is 78.9 Å². The van der Waals surface area contributed by atoms with Gasteiger partial charge in [0.2, 0.25) is 0 Å². The Morgan fingerprint density at radius 1 is 0.533 bits per heavy atom. The summed E-state index contributed by atoms with van der Waals surface area (Å²) in [6.45, 7) is 0. The van der Waals surface area contributed by atoms with E-state index in [9.17, 15) is 10.0 Å². The highest BCUT2D eigenvalue weighted by Crippen LogP contribution is 2.39. The molecule has 0 aliphatic carbocycles. The summed E-state index contributed by atoms with van der Waals surface area (Å²) in [6.07, 6.45) is 0. The van der Waals surface area contributed by atoms with E-state index in [0.29, 0.717) is 5.46 Å². The second-order valence-corrected chi connectivity index (χ2v) is 7.33. The number of anilines is 3. The van der Waals surface area contributed by atoms with Gasteiger partial charge in [-0.15, -0.1) is 0 Å². The normalized spacial score (nSPS) is 11.0. The standard InChI is InChI=1S/C26H20BNO2/c29-27(30)22-15-13-21-18-24(16-14-20(21)17-22)28(23-9-2-1-3-10-23)26-12-6-8-19-7-4-5-11-25(19)26/h1-18,29-30H. The van der Waals surface area contributed by atoms with Gasteiger partial charge in [0.05, 0.1) is 5.69 Å². The first-order valence-corrected chi connectivity index (χ1v) is 9.93. The number of hydrogen-bond acceptors (Lipinski definition) is 3. The van der Waals surface area contributed by atoms with Crippen LogP contribution in [-0.2, 0) is 0 Å². The van der Waals surface area contributed by atoms with E-state index < -0.39 is 7.12 Å². The maximum Gasteiger partial charge on any atom is 0.488 e. The maximum absolute atomic E-state index is 9.47. The van der Waals surface area contributed by atoms with Crippen LogP contribution in [0.4, 0.5) is 17.1 Å². The molecule has 3 nitrogen and oxygen atoms in total. The zero-order valence-electron chi connectivity index (χ0n) is 16.3. The van der Waals surface area contributed by atoms with Crippen LogP contribution in [0.1, 0.15) is 0 Å². The van der Waals surface area contributed by atoms with Gasteiger partial charge >= 0.3 is 7.12 Å². The van der Waals surface area contributed by atoms with E-state index in [4.69, 9.17) is 0 Å². The van der Waals surface area contributed by atoms with Gasteiger partial charge in [0.15, 0.2) is 0 Å². The molecule has 0 aromatic heterocycles. The Morgan fingerprint density at radius 2 is 1.23 bits per heavy atom. The van der Waals surface area contributed by atoms with Crippen LogP contribution in [0.25, 0.3) is 21.5 Å². The summed E-state index contributed by atoms with van der Waals surface area (Å²) in [5.74, 6) is 0. The number of para-hydroxylation sites is 1.